The lowest BCUT2D eigenvalue weighted by Gasteiger charge is -2.18. The second-order valence-electron chi connectivity index (χ2n) is 5.46. The Labute approximate surface area is 122 Å². The summed E-state index contributed by atoms with van der Waals surface area (Å²) < 4.78 is 2.16. The van der Waals surface area contributed by atoms with E-state index in [9.17, 15) is 0 Å². The van der Waals surface area contributed by atoms with E-state index in [1.807, 2.05) is 5.38 Å². The summed E-state index contributed by atoms with van der Waals surface area (Å²) in [6.07, 6.45) is 8.46. The molecule has 2 heterocycles. The van der Waals surface area contributed by atoms with Crippen LogP contribution in [0.2, 0.25) is 0 Å². The van der Waals surface area contributed by atoms with E-state index >= 15 is 0 Å². The van der Waals surface area contributed by atoms with Gasteiger partial charge in [0.05, 0.1) is 5.39 Å². The normalized spacial score (nSPS) is 19.1. The minimum atomic E-state index is 0.690. The summed E-state index contributed by atoms with van der Waals surface area (Å²) in [4.78, 5) is 14.4. The van der Waals surface area contributed by atoms with Crippen molar-refractivity contribution in [1.82, 2.24) is 9.97 Å². The van der Waals surface area contributed by atoms with Gasteiger partial charge in [0.25, 0.3) is 0 Å². The Morgan fingerprint density at radius 1 is 1.30 bits per heavy atom. The fourth-order valence-electron chi connectivity index (χ4n) is 2.67. The molecule has 0 saturated heterocycles. The molecule has 0 amide bonds. The maximum Gasteiger partial charge on any atom is 0.163 e. The van der Waals surface area contributed by atoms with Gasteiger partial charge in [-0.25, -0.2) is 19.5 Å². The van der Waals surface area contributed by atoms with Gasteiger partial charge in [0, 0.05) is 11.6 Å². The standard InChI is InChI=1S/C15H19N4S/c1-19(2)9-11-3-5-12(6-4-11)18-14-13-7-8-20-15(13)17-10-16-14/h7-11H,3-6H2,1-2H3/q+1. The van der Waals surface area contributed by atoms with Crippen LogP contribution in [0.5, 0.6) is 0 Å². The predicted molar refractivity (Wildman–Crippen MR) is 84.6 cm³/mol. The highest BCUT2D eigenvalue weighted by molar-refractivity contribution is 7.16. The van der Waals surface area contributed by atoms with E-state index in [1.165, 1.54) is 18.6 Å². The number of fused-ring (bicyclic) bond motifs is 1. The topological polar surface area (TPSA) is 41.1 Å². The van der Waals surface area contributed by atoms with Gasteiger partial charge in [0.15, 0.2) is 5.82 Å². The number of aliphatic imine (C=N–C) groups is 1. The number of hydrogen-bond donors (Lipinski definition) is 0. The average molecular weight is 287 g/mol. The van der Waals surface area contributed by atoms with Crippen molar-refractivity contribution in [1.29, 1.82) is 0 Å². The maximum atomic E-state index is 4.78. The van der Waals surface area contributed by atoms with Crippen LogP contribution in [0.1, 0.15) is 25.7 Å². The van der Waals surface area contributed by atoms with Gasteiger partial charge in [0.1, 0.15) is 31.5 Å². The van der Waals surface area contributed by atoms with Crippen LogP contribution in [0.3, 0.4) is 0 Å². The Hall–Kier alpha value is -1.62. The molecule has 0 unspecified atom stereocenters. The summed E-state index contributed by atoms with van der Waals surface area (Å²) >= 11 is 1.64. The van der Waals surface area contributed by atoms with E-state index in [0.717, 1.165) is 28.9 Å². The van der Waals surface area contributed by atoms with Crippen LogP contribution in [0.25, 0.3) is 10.2 Å². The van der Waals surface area contributed by atoms with Crippen LogP contribution in [-0.2, 0) is 0 Å². The van der Waals surface area contributed by atoms with Gasteiger partial charge in [-0.15, -0.1) is 11.3 Å². The lowest BCUT2D eigenvalue weighted by Crippen LogP contribution is -2.18. The van der Waals surface area contributed by atoms with Gasteiger partial charge < -0.3 is 0 Å². The summed E-state index contributed by atoms with van der Waals surface area (Å²) in [6, 6.07) is 2.06. The Bertz CT molecular complexity index is 657. The lowest BCUT2D eigenvalue weighted by atomic mass is 9.88. The van der Waals surface area contributed by atoms with E-state index in [4.69, 9.17) is 4.99 Å². The molecule has 1 aliphatic rings. The smallest absolute Gasteiger partial charge is 0.163 e. The van der Waals surface area contributed by atoms with Crippen molar-refractivity contribution in [2.45, 2.75) is 25.7 Å². The molecule has 0 aromatic carbocycles. The van der Waals surface area contributed by atoms with Gasteiger partial charge >= 0.3 is 0 Å². The number of hydrogen-bond acceptors (Lipinski definition) is 4. The first kappa shape index (κ1) is 13.4. The van der Waals surface area contributed by atoms with E-state index in [0.29, 0.717) is 5.92 Å². The van der Waals surface area contributed by atoms with E-state index in [2.05, 4.69) is 40.9 Å². The third-order valence-corrected chi connectivity index (χ3v) is 4.44. The molecule has 0 radical (unpaired) electrons. The molecule has 0 N–H and O–H groups in total. The summed E-state index contributed by atoms with van der Waals surface area (Å²) in [7, 11) is 4.19. The second kappa shape index (κ2) is 5.79. The summed E-state index contributed by atoms with van der Waals surface area (Å²) in [6.45, 7) is 0. The molecule has 2 aromatic rings. The summed E-state index contributed by atoms with van der Waals surface area (Å²) in [5.74, 6) is 1.52. The van der Waals surface area contributed by atoms with Crippen molar-refractivity contribution < 1.29 is 4.58 Å². The quantitative estimate of drug-likeness (QED) is 0.628. The van der Waals surface area contributed by atoms with Crippen LogP contribution in [-0.4, -0.2) is 40.6 Å². The highest BCUT2D eigenvalue weighted by atomic mass is 32.1. The second-order valence-corrected chi connectivity index (χ2v) is 6.36. The van der Waals surface area contributed by atoms with Crippen molar-refractivity contribution in [2.24, 2.45) is 10.9 Å². The Morgan fingerprint density at radius 3 is 2.85 bits per heavy atom. The Kier molecular flexibility index (Phi) is 3.87. The zero-order valence-corrected chi connectivity index (χ0v) is 12.7. The third kappa shape index (κ3) is 2.93. The highest BCUT2D eigenvalue weighted by Crippen LogP contribution is 2.28. The largest absolute Gasteiger partial charge is 0.245 e. The van der Waals surface area contributed by atoms with Crippen molar-refractivity contribution >= 4 is 39.3 Å². The van der Waals surface area contributed by atoms with Gasteiger partial charge in [-0.05, 0) is 37.1 Å². The van der Waals surface area contributed by atoms with E-state index < -0.39 is 0 Å². The first-order valence-corrected chi connectivity index (χ1v) is 7.86. The van der Waals surface area contributed by atoms with Crippen molar-refractivity contribution in [3.05, 3.63) is 17.8 Å². The van der Waals surface area contributed by atoms with Gasteiger partial charge in [-0.3, -0.25) is 0 Å². The van der Waals surface area contributed by atoms with Crippen LogP contribution in [0, 0.1) is 5.92 Å². The molecule has 1 aliphatic carbocycles. The fraction of sp³-hybridized carbons (Fsp3) is 0.467. The van der Waals surface area contributed by atoms with Gasteiger partial charge in [-0.1, -0.05) is 0 Å². The summed E-state index contributed by atoms with van der Waals surface area (Å²) in [5, 5.41) is 3.12. The fourth-order valence-corrected chi connectivity index (χ4v) is 3.40. The molecule has 1 saturated carbocycles. The summed E-state index contributed by atoms with van der Waals surface area (Å²) in [5.41, 5.74) is 1.28. The monoisotopic (exact) mass is 287 g/mol. The van der Waals surface area contributed by atoms with Crippen LogP contribution in [0.4, 0.5) is 5.82 Å². The molecule has 0 spiro atoms. The third-order valence-electron chi connectivity index (χ3n) is 3.62. The SMILES string of the molecule is C[N+](C)=CC1CCC(=Nc2ncnc3sccc23)CC1. The highest BCUT2D eigenvalue weighted by Gasteiger charge is 2.18. The molecule has 4 nitrogen and oxygen atoms in total. The van der Waals surface area contributed by atoms with E-state index in [-0.39, 0.29) is 0 Å². The van der Waals surface area contributed by atoms with E-state index in [1.54, 1.807) is 17.7 Å². The Balaban J connectivity index is 1.78. The van der Waals surface area contributed by atoms with Crippen LogP contribution in [0.15, 0.2) is 22.8 Å². The molecule has 0 atom stereocenters. The minimum Gasteiger partial charge on any atom is -0.245 e. The van der Waals surface area contributed by atoms with Crippen LogP contribution < -0.4 is 0 Å². The molecule has 3 rings (SSSR count). The number of nitrogens with zero attached hydrogens (tertiary/aromatic N) is 4. The van der Waals surface area contributed by atoms with Gasteiger partial charge in [0.2, 0.25) is 0 Å². The number of thiophene rings is 1. The first-order chi connectivity index (χ1) is 9.72. The minimum absolute atomic E-state index is 0.690. The van der Waals surface area contributed by atoms with Crippen molar-refractivity contribution in [2.75, 3.05) is 14.1 Å². The van der Waals surface area contributed by atoms with Crippen LogP contribution >= 0.6 is 11.3 Å². The molecule has 0 bridgehead atoms. The zero-order valence-electron chi connectivity index (χ0n) is 11.9. The first-order valence-electron chi connectivity index (χ1n) is 6.98. The molecule has 20 heavy (non-hydrogen) atoms. The maximum absolute atomic E-state index is 4.78. The number of rotatable bonds is 2. The molecule has 5 heteroatoms. The van der Waals surface area contributed by atoms with Gasteiger partial charge in [-0.2, -0.15) is 0 Å². The molecular formula is C15H19N4S+. The molecule has 0 aliphatic heterocycles. The predicted octanol–water partition coefficient (Wildman–Crippen LogP) is 3.30. The Morgan fingerprint density at radius 2 is 2.10 bits per heavy atom. The average Bonchev–Trinajstić information content (AvgIpc) is 2.90. The van der Waals surface area contributed by atoms with Crippen molar-refractivity contribution in [3.63, 3.8) is 0 Å². The lowest BCUT2D eigenvalue weighted by molar-refractivity contribution is -0.461. The molecule has 1 fully saturated rings. The number of aromatic nitrogens is 2. The molecule has 2 aromatic heterocycles. The zero-order chi connectivity index (χ0) is 13.9. The van der Waals surface area contributed by atoms with Crippen molar-refractivity contribution in [3.8, 4) is 0 Å². The molecule has 104 valence electrons. The molecular weight excluding hydrogens is 268 g/mol.